The van der Waals surface area contributed by atoms with Crippen LogP contribution in [-0.2, 0) is 11.2 Å². The minimum absolute atomic E-state index is 0.245. The van der Waals surface area contributed by atoms with E-state index in [0.29, 0.717) is 12.5 Å². The Morgan fingerprint density at radius 2 is 2.11 bits per heavy atom. The molecule has 2 unspecified atom stereocenters. The maximum atomic E-state index is 12.5. The second-order valence-corrected chi connectivity index (χ2v) is 5.68. The highest BCUT2D eigenvalue weighted by Crippen LogP contribution is 2.15. The number of hydrogen-bond acceptors (Lipinski definition) is 2. The zero-order valence-electron chi connectivity index (χ0n) is 12.4. The predicted octanol–water partition coefficient (Wildman–Crippen LogP) is 2.05. The SMILES string of the molecule is Cc1ccc(C)c(CC(=O)N2CCNC(C)C2C)c1. The van der Waals surface area contributed by atoms with Crippen LogP contribution in [0.2, 0.25) is 0 Å². The number of carbonyl (C=O) groups excluding carboxylic acids is 1. The fourth-order valence-electron chi connectivity index (χ4n) is 2.66. The third-order valence-electron chi connectivity index (χ3n) is 4.20. The van der Waals surface area contributed by atoms with Gasteiger partial charge < -0.3 is 10.2 Å². The summed E-state index contributed by atoms with van der Waals surface area (Å²) in [4.78, 5) is 14.5. The molecule has 1 aromatic carbocycles. The van der Waals surface area contributed by atoms with Crippen molar-refractivity contribution in [2.45, 2.75) is 46.2 Å². The molecular formula is C16H24N2O. The van der Waals surface area contributed by atoms with Gasteiger partial charge >= 0.3 is 0 Å². The highest BCUT2D eigenvalue weighted by atomic mass is 16.2. The Morgan fingerprint density at radius 3 is 2.84 bits per heavy atom. The number of hydrogen-bond donors (Lipinski definition) is 1. The zero-order valence-corrected chi connectivity index (χ0v) is 12.4. The van der Waals surface area contributed by atoms with Crippen LogP contribution in [0.3, 0.4) is 0 Å². The van der Waals surface area contributed by atoms with E-state index in [1.807, 2.05) is 4.90 Å². The Balaban J connectivity index is 2.10. The maximum absolute atomic E-state index is 12.5. The third-order valence-corrected chi connectivity index (χ3v) is 4.20. The van der Waals surface area contributed by atoms with Gasteiger partial charge in [0.1, 0.15) is 0 Å². The van der Waals surface area contributed by atoms with Gasteiger partial charge in [0.05, 0.1) is 6.42 Å². The van der Waals surface area contributed by atoms with Crippen molar-refractivity contribution in [3.8, 4) is 0 Å². The molecule has 104 valence electrons. The Morgan fingerprint density at radius 1 is 1.37 bits per heavy atom. The highest BCUT2D eigenvalue weighted by Gasteiger charge is 2.27. The first-order valence-electron chi connectivity index (χ1n) is 7.08. The molecule has 0 saturated carbocycles. The van der Waals surface area contributed by atoms with Crippen molar-refractivity contribution in [1.29, 1.82) is 0 Å². The van der Waals surface area contributed by atoms with Crippen molar-refractivity contribution >= 4 is 5.91 Å². The van der Waals surface area contributed by atoms with E-state index in [4.69, 9.17) is 0 Å². The highest BCUT2D eigenvalue weighted by molar-refractivity contribution is 5.79. The zero-order chi connectivity index (χ0) is 14.0. The molecule has 1 N–H and O–H groups in total. The number of aryl methyl sites for hydroxylation is 2. The fourth-order valence-corrected chi connectivity index (χ4v) is 2.66. The van der Waals surface area contributed by atoms with Gasteiger partial charge in [-0.3, -0.25) is 4.79 Å². The first kappa shape index (κ1) is 14.1. The van der Waals surface area contributed by atoms with E-state index in [9.17, 15) is 4.79 Å². The number of piperazine rings is 1. The average molecular weight is 260 g/mol. The van der Waals surface area contributed by atoms with E-state index in [0.717, 1.165) is 18.7 Å². The molecule has 1 amide bonds. The molecule has 19 heavy (non-hydrogen) atoms. The van der Waals surface area contributed by atoms with E-state index in [1.165, 1.54) is 11.1 Å². The Kier molecular flexibility index (Phi) is 4.25. The van der Waals surface area contributed by atoms with Gasteiger partial charge in [0, 0.05) is 25.2 Å². The van der Waals surface area contributed by atoms with Crippen LogP contribution in [0.1, 0.15) is 30.5 Å². The lowest BCUT2D eigenvalue weighted by Crippen LogP contribution is -2.57. The van der Waals surface area contributed by atoms with Gasteiger partial charge in [0.2, 0.25) is 5.91 Å². The van der Waals surface area contributed by atoms with Crippen LogP contribution in [0.15, 0.2) is 18.2 Å². The van der Waals surface area contributed by atoms with Crippen LogP contribution in [0.4, 0.5) is 0 Å². The quantitative estimate of drug-likeness (QED) is 0.882. The lowest BCUT2D eigenvalue weighted by atomic mass is 10.0. The number of nitrogens with zero attached hydrogens (tertiary/aromatic N) is 1. The van der Waals surface area contributed by atoms with Gasteiger partial charge in [-0.1, -0.05) is 23.8 Å². The van der Waals surface area contributed by atoms with Crippen molar-refractivity contribution in [3.05, 3.63) is 34.9 Å². The summed E-state index contributed by atoms with van der Waals surface area (Å²) in [7, 11) is 0. The second kappa shape index (κ2) is 5.74. The lowest BCUT2D eigenvalue weighted by molar-refractivity contribution is -0.134. The standard InChI is InChI=1S/C16H24N2O/c1-11-5-6-12(2)15(9-11)10-16(19)18-8-7-17-13(3)14(18)4/h5-6,9,13-14,17H,7-8,10H2,1-4H3. The monoisotopic (exact) mass is 260 g/mol. The minimum atomic E-state index is 0.245. The number of amides is 1. The Bertz CT molecular complexity index is 470. The van der Waals surface area contributed by atoms with E-state index in [-0.39, 0.29) is 11.9 Å². The largest absolute Gasteiger partial charge is 0.337 e. The molecule has 2 atom stereocenters. The molecule has 0 bridgehead atoms. The minimum Gasteiger partial charge on any atom is -0.337 e. The summed E-state index contributed by atoms with van der Waals surface area (Å²) in [5.41, 5.74) is 3.58. The molecule has 1 aliphatic rings. The van der Waals surface area contributed by atoms with Crippen LogP contribution < -0.4 is 5.32 Å². The summed E-state index contributed by atoms with van der Waals surface area (Å²) in [6.45, 7) is 10.1. The van der Waals surface area contributed by atoms with Crippen LogP contribution in [0.25, 0.3) is 0 Å². The molecule has 0 aromatic heterocycles. The Hall–Kier alpha value is -1.35. The Labute approximate surface area is 116 Å². The van der Waals surface area contributed by atoms with Gasteiger partial charge in [-0.05, 0) is 38.8 Å². The molecule has 3 nitrogen and oxygen atoms in total. The van der Waals surface area contributed by atoms with Gasteiger partial charge in [-0.2, -0.15) is 0 Å². The molecule has 1 aliphatic heterocycles. The third kappa shape index (κ3) is 3.16. The lowest BCUT2D eigenvalue weighted by Gasteiger charge is -2.38. The van der Waals surface area contributed by atoms with Gasteiger partial charge in [-0.25, -0.2) is 0 Å². The summed E-state index contributed by atoms with van der Waals surface area (Å²) >= 11 is 0. The molecule has 1 heterocycles. The van der Waals surface area contributed by atoms with Gasteiger partial charge in [-0.15, -0.1) is 0 Å². The summed E-state index contributed by atoms with van der Waals surface area (Å²) in [6, 6.07) is 6.96. The number of benzene rings is 1. The van der Waals surface area contributed by atoms with Crippen LogP contribution in [0.5, 0.6) is 0 Å². The molecular weight excluding hydrogens is 236 g/mol. The first-order valence-corrected chi connectivity index (χ1v) is 7.08. The molecule has 1 fully saturated rings. The molecule has 0 radical (unpaired) electrons. The van der Waals surface area contributed by atoms with E-state index >= 15 is 0 Å². The second-order valence-electron chi connectivity index (χ2n) is 5.68. The van der Waals surface area contributed by atoms with Crippen molar-refractivity contribution in [2.75, 3.05) is 13.1 Å². The topological polar surface area (TPSA) is 32.3 Å². The average Bonchev–Trinajstić information content (AvgIpc) is 2.37. The van der Waals surface area contributed by atoms with Gasteiger partial charge in [0.15, 0.2) is 0 Å². The molecule has 3 heteroatoms. The van der Waals surface area contributed by atoms with E-state index < -0.39 is 0 Å². The number of rotatable bonds is 2. The van der Waals surface area contributed by atoms with Crippen molar-refractivity contribution in [1.82, 2.24) is 10.2 Å². The van der Waals surface area contributed by atoms with Crippen LogP contribution >= 0.6 is 0 Å². The summed E-state index contributed by atoms with van der Waals surface area (Å²) in [5.74, 6) is 0.245. The number of carbonyl (C=O) groups is 1. The van der Waals surface area contributed by atoms with Gasteiger partial charge in [0.25, 0.3) is 0 Å². The normalized spacial score (nSPS) is 23.5. The molecule has 2 rings (SSSR count). The summed E-state index contributed by atoms with van der Waals surface area (Å²) < 4.78 is 0. The van der Waals surface area contributed by atoms with Crippen LogP contribution in [-0.4, -0.2) is 36.0 Å². The van der Waals surface area contributed by atoms with Crippen molar-refractivity contribution in [2.24, 2.45) is 0 Å². The first-order chi connectivity index (χ1) is 8.99. The van der Waals surface area contributed by atoms with Crippen molar-refractivity contribution in [3.63, 3.8) is 0 Å². The van der Waals surface area contributed by atoms with E-state index in [1.54, 1.807) is 0 Å². The predicted molar refractivity (Wildman–Crippen MR) is 78.3 cm³/mol. The smallest absolute Gasteiger partial charge is 0.227 e. The summed E-state index contributed by atoms with van der Waals surface area (Å²) in [5, 5.41) is 3.41. The number of nitrogens with one attached hydrogen (secondary N) is 1. The molecule has 1 aromatic rings. The van der Waals surface area contributed by atoms with Crippen molar-refractivity contribution < 1.29 is 4.79 Å². The van der Waals surface area contributed by atoms with E-state index in [2.05, 4.69) is 51.2 Å². The molecule has 0 aliphatic carbocycles. The summed E-state index contributed by atoms with van der Waals surface area (Å²) in [6.07, 6.45) is 0.518. The molecule has 1 saturated heterocycles. The maximum Gasteiger partial charge on any atom is 0.227 e. The molecule has 0 spiro atoms. The van der Waals surface area contributed by atoms with Crippen LogP contribution in [0, 0.1) is 13.8 Å². The fraction of sp³-hybridized carbons (Fsp3) is 0.562.